The number of rotatable bonds is 2. The van der Waals surface area contributed by atoms with Crippen molar-refractivity contribution in [1.82, 2.24) is 20.4 Å². The summed E-state index contributed by atoms with van der Waals surface area (Å²) in [6.07, 6.45) is 3.85. The average molecular weight is 276 g/mol. The van der Waals surface area contributed by atoms with E-state index in [1.54, 1.807) is 0 Å². The molecule has 1 aromatic heterocycles. The first-order valence-corrected chi connectivity index (χ1v) is 4.36. The van der Waals surface area contributed by atoms with Crippen molar-refractivity contribution >= 4 is 37.2 Å². The Hall–Kier alpha value is -0.000000000000000208. The maximum absolute atomic E-state index is 3.92. The van der Waals surface area contributed by atoms with E-state index in [0.717, 1.165) is 32.7 Å². The SMILES string of the molecule is Cl.Cl.Cl.c1n[nH]cc1CN1CCNCC1. The lowest BCUT2D eigenvalue weighted by molar-refractivity contribution is 0.233. The van der Waals surface area contributed by atoms with E-state index < -0.39 is 0 Å². The zero-order chi connectivity index (χ0) is 8.23. The summed E-state index contributed by atoms with van der Waals surface area (Å²) in [6, 6.07) is 0. The number of H-pyrrole nitrogens is 1. The lowest BCUT2D eigenvalue weighted by atomic mass is 10.3. The number of halogens is 3. The van der Waals surface area contributed by atoms with Crippen molar-refractivity contribution in [2.45, 2.75) is 6.54 Å². The van der Waals surface area contributed by atoms with Crippen molar-refractivity contribution in [3.05, 3.63) is 18.0 Å². The molecule has 4 nitrogen and oxygen atoms in total. The molecule has 0 unspecified atom stereocenters. The Morgan fingerprint density at radius 2 is 1.87 bits per heavy atom. The highest BCUT2D eigenvalue weighted by Crippen LogP contribution is 2.01. The Morgan fingerprint density at radius 1 is 1.20 bits per heavy atom. The van der Waals surface area contributed by atoms with E-state index in [0.29, 0.717) is 0 Å². The lowest BCUT2D eigenvalue weighted by Gasteiger charge is -2.26. The van der Waals surface area contributed by atoms with Crippen LogP contribution in [-0.4, -0.2) is 41.3 Å². The van der Waals surface area contributed by atoms with E-state index in [9.17, 15) is 0 Å². The Labute approximate surface area is 108 Å². The van der Waals surface area contributed by atoms with E-state index in [1.165, 1.54) is 5.56 Å². The average Bonchev–Trinajstić information content (AvgIpc) is 2.59. The summed E-state index contributed by atoms with van der Waals surface area (Å²) in [5.41, 5.74) is 1.27. The van der Waals surface area contributed by atoms with Crippen LogP contribution in [0.1, 0.15) is 5.56 Å². The first kappa shape index (κ1) is 17.4. The van der Waals surface area contributed by atoms with E-state index in [4.69, 9.17) is 0 Å². The van der Waals surface area contributed by atoms with Crippen LogP contribution >= 0.6 is 37.2 Å². The summed E-state index contributed by atoms with van der Waals surface area (Å²) < 4.78 is 0. The number of aromatic nitrogens is 2. The van der Waals surface area contributed by atoms with Crippen LogP contribution in [0.2, 0.25) is 0 Å². The van der Waals surface area contributed by atoms with Crippen molar-refractivity contribution in [3.8, 4) is 0 Å². The number of nitrogens with zero attached hydrogens (tertiary/aromatic N) is 2. The van der Waals surface area contributed by atoms with Gasteiger partial charge in [-0.1, -0.05) is 0 Å². The van der Waals surface area contributed by atoms with E-state index in [2.05, 4.69) is 20.4 Å². The molecule has 0 saturated carbocycles. The molecule has 15 heavy (non-hydrogen) atoms. The summed E-state index contributed by atoms with van der Waals surface area (Å²) in [7, 11) is 0. The second-order valence-corrected chi connectivity index (χ2v) is 3.13. The fraction of sp³-hybridized carbons (Fsp3) is 0.625. The molecule has 1 aliphatic rings. The van der Waals surface area contributed by atoms with Gasteiger partial charge in [-0.3, -0.25) is 10.00 Å². The lowest BCUT2D eigenvalue weighted by Crippen LogP contribution is -2.42. The van der Waals surface area contributed by atoms with E-state index in [-0.39, 0.29) is 37.2 Å². The zero-order valence-electron chi connectivity index (χ0n) is 8.31. The number of hydrogen-bond acceptors (Lipinski definition) is 3. The summed E-state index contributed by atoms with van der Waals surface area (Å²) in [6.45, 7) is 5.53. The third-order valence-electron chi connectivity index (χ3n) is 2.17. The third-order valence-corrected chi connectivity index (χ3v) is 2.17. The van der Waals surface area contributed by atoms with Crippen LogP contribution < -0.4 is 5.32 Å². The molecule has 1 aromatic rings. The minimum Gasteiger partial charge on any atom is -0.314 e. The highest BCUT2D eigenvalue weighted by Gasteiger charge is 2.09. The standard InChI is InChI=1S/C8H14N4.3ClH/c1-3-12(4-2-9-1)7-8-5-10-11-6-8;;;/h5-6,9H,1-4,7H2,(H,10,11);3*1H. The van der Waals surface area contributed by atoms with Gasteiger partial charge in [0.15, 0.2) is 0 Å². The molecule has 0 aromatic carbocycles. The molecule has 1 saturated heterocycles. The first-order valence-electron chi connectivity index (χ1n) is 4.36. The Morgan fingerprint density at radius 3 is 2.40 bits per heavy atom. The highest BCUT2D eigenvalue weighted by atomic mass is 35.5. The number of hydrogen-bond donors (Lipinski definition) is 2. The minimum absolute atomic E-state index is 0. The fourth-order valence-electron chi connectivity index (χ4n) is 1.49. The van der Waals surface area contributed by atoms with Crippen LogP contribution in [0.15, 0.2) is 12.4 Å². The van der Waals surface area contributed by atoms with Crippen molar-refractivity contribution in [1.29, 1.82) is 0 Å². The topological polar surface area (TPSA) is 44.0 Å². The smallest absolute Gasteiger partial charge is 0.0532 e. The molecular weight excluding hydrogens is 258 g/mol. The summed E-state index contributed by atoms with van der Waals surface area (Å²) in [4.78, 5) is 2.43. The highest BCUT2D eigenvalue weighted by molar-refractivity contribution is 5.86. The van der Waals surface area contributed by atoms with Crippen LogP contribution in [-0.2, 0) is 6.54 Å². The summed E-state index contributed by atoms with van der Waals surface area (Å²) >= 11 is 0. The van der Waals surface area contributed by atoms with Gasteiger partial charge in [-0.2, -0.15) is 5.10 Å². The normalized spacial score (nSPS) is 15.7. The van der Waals surface area contributed by atoms with Gasteiger partial charge in [0.25, 0.3) is 0 Å². The molecule has 2 rings (SSSR count). The molecule has 90 valence electrons. The molecule has 0 amide bonds. The fourth-order valence-corrected chi connectivity index (χ4v) is 1.49. The van der Waals surface area contributed by atoms with Gasteiger partial charge in [0.1, 0.15) is 0 Å². The van der Waals surface area contributed by atoms with E-state index >= 15 is 0 Å². The number of aromatic amines is 1. The minimum atomic E-state index is 0. The Kier molecular flexibility index (Phi) is 10.7. The monoisotopic (exact) mass is 274 g/mol. The molecule has 7 heteroatoms. The molecule has 1 fully saturated rings. The Bertz CT molecular complexity index is 224. The predicted octanol–water partition coefficient (Wildman–Crippen LogP) is 1.08. The molecular formula is C8H17Cl3N4. The molecule has 0 bridgehead atoms. The molecule has 1 aliphatic heterocycles. The second-order valence-electron chi connectivity index (χ2n) is 3.13. The predicted molar refractivity (Wildman–Crippen MR) is 68.5 cm³/mol. The van der Waals surface area contributed by atoms with Crippen molar-refractivity contribution in [2.75, 3.05) is 26.2 Å². The van der Waals surface area contributed by atoms with Gasteiger partial charge < -0.3 is 5.32 Å². The third kappa shape index (κ3) is 5.58. The van der Waals surface area contributed by atoms with Gasteiger partial charge in [-0.25, -0.2) is 0 Å². The van der Waals surface area contributed by atoms with Gasteiger partial charge in [0, 0.05) is 44.5 Å². The van der Waals surface area contributed by atoms with Gasteiger partial charge in [-0.05, 0) is 0 Å². The van der Waals surface area contributed by atoms with Gasteiger partial charge in [-0.15, -0.1) is 37.2 Å². The molecule has 0 aliphatic carbocycles. The largest absolute Gasteiger partial charge is 0.314 e. The van der Waals surface area contributed by atoms with E-state index in [1.807, 2.05) is 12.4 Å². The maximum atomic E-state index is 3.92. The molecule has 0 atom stereocenters. The van der Waals surface area contributed by atoms with Crippen LogP contribution in [0, 0.1) is 0 Å². The van der Waals surface area contributed by atoms with Crippen molar-refractivity contribution in [2.24, 2.45) is 0 Å². The molecule has 2 N–H and O–H groups in total. The number of nitrogens with one attached hydrogen (secondary N) is 2. The van der Waals surface area contributed by atoms with Gasteiger partial charge >= 0.3 is 0 Å². The van der Waals surface area contributed by atoms with Gasteiger partial charge in [0.2, 0.25) is 0 Å². The molecule has 0 spiro atoms. The van der Waals surface area contributed by atoms with Crippen LogP contribution in [0.4, 0.5) is 0 Å². The maximum Gasteiger partial charge on any atom is 0.0532 e. The Balaban J connectivity index is 0. The number of piperazine rings is 1. The summed E-state index contributed by atoms with van der Waals surface area (Å²) in [5.74, 6) is 0. The first-order chi connectivity index (χ1) is 5.95. The van der Waals surface area contributed by atoms with Crippen LogP contribution in [0.25, 0.3) is 0 Å². The second kappa shape index (κ2) is 9.24. The molecule has 2 heterocycles. The van der Waals surface area contributed by atoms with Crippen LogP contribution in [0.5, 0.6) is 0 Å². The van der Waals surface area contributed by atoms with Crippen molar-refractivity contribution < 1.29 is 0 Å². The zero-order valence-corrected chi connectivity index (χ0v) is 10.8. The van der Waals surface area contributed by atoms with Gasteiger partial charge in [0.05, 0.1) is 6.20 Å². The van der Waals surface area contributed by atoms with Crippen molar-refractivity contribution in [3.63, 3.8) is 0 Å². The quantitative estimate of drug-likeness (QED) is 0.849. The molecule has 0 radical (unpaired) electrons. The summed E-state index contributed by atoms with van der Waals surface area (Å²) in [5, 5.41) is 10.1. The van der Waals surface area contributed by atoms with Crippen LogP contribution in [0.3, 0.4) is 0 Å².